The summed E-state index contributed by atoms with van der Waals surface area (Å²) in [5.41, 5.74) is -2.24. The summed E-state index contributed by atoms with van der Waals surface area (Å²) < 4.78 is 5.20. The van der Waals surface area contributed by atoms with Crippen molar-refractivity contribution in [3.05, 3.63) is 24.2 Å². The first-order chi connectivity index (χ1) is 10.3. The number of ketones is 1. The van der Waals surface area contributed by atoms with Gasteiger partial charge in [-0.3, -0.25) is 9.59 Å². The number of nitrogens with one attached hydrogen (secondary N) is 1. The number of fused-ring (bicyclic) bond motifs is 2. The average Bonchev–Trinajstić information content (AvgIpc) is 3.07. The van der Waals surface area contributed by atoms with E-state index < -0.39 is 16.2 Å². The van der Waals surface area contributed by atoms with Gasteiger partial charge in [-0.1, -0.05) is 25.9 Å². The molecule has 2 N–H and O–H groups in total. The Balaban J connectivity index is 1.94. The van der Waals surface area contributed by atoms with Gasteiger partial charge in [0.05, 0.1) is 12.8 Å². The molecule has 118 valence electrons. The van der Waals surface area contributed by atoms with Gasteiger partial charge in [-0.2, -0.15) is 0 Å². The van der Waals surface area contributed by atoms with E-state index in [1.807, 2.05) is 20.8 Å². The first-order valence-corrected chi connectivity index (χ1v) is 7.39. The van der Waals surface area contributed by atoms with Crippen LogP contribution in [0.1, 0.15) is 39.4 Å². The highest BCUT2D eigenvalue weighted by Crippen LogP contribution is 2.69. The summed E-state index contributed by atoms with van der Waals surface area (Å²) in [6.45, 7) is 5.94. The van der Waals surface area contributed by atoms with Gasteiger partial charge < -0.3 is 14.9 Å². The minimum Gasteiger partial charge on any atom is -0.467 e. The quantitative estimate of drug-likeness (QED) is 0.508. The van der Waals surface area contributed by atoms with Crippen LogP contribution in [0.4, 0.5) is 0 Å². The second-order valence-electron chi connectivity index (χ2n) is 6.90. The molecule has 2 atom stereocenters. The highest BCUT2D eigenvalue weighted by Gasteiger charge is 2.76. The highest BCUT2D eigenvalue weighted by molar-refractivity contribution is 6.50. The summed E-state index contributed by atoms with van der Waals surface area (Å²) in [5, 5.41) is 15.3. The van der Waals surface area contributed by atoms with Crippen LogP contribution < -0.4 is 5.32 Å². The van der Waals surface area contributed by atoms with E-state index in [0.29, 0.717) is 18.6 Å². The van der Waals surface area contributed by atoms with E-state index in [1.165, 1.54) is 6.26 Å². The number of hydrogen-bond donors (Lipinski definition) is 2. The van der Waals surface area contributed by atoms with Crippen molar-refractivity contribution >= 4 is 17.4 Å². The van der Waals surface area contributed by atoms with Crippen LogP contribution in [0.25, 0.3) is 0 Å². The predicted molar refractivity (Wildman–Crippen MR) is 78.3 cm³/mol. The first-order valence-electron chi connectivity index (χ1n) is 7.39. The molecule has 2 unspecified atom stereocenters. The monoisotopic (exact) mass is 304 g/mol. The molecule has 2 fully saturated rings. The van der Waals surface area contributed by atoms with Crippen molar-refractivity contribution in [3.63, 3.8) is 0 Å². The topological polar surface area (TPSA) is 91.9 Å². The molecule has 3 rings (SSSR count). The average molecular weight is 304 g/mol. The number of oxime groups is 1. The van der Waals surface area contributed by atoms with Crippen LogP contribution in [0.5, 0.6) is 0 Å². The number of hydrogen-bond acceptors (Lipinski definition) is 5. The van der Waals surface area contributed by atoms with Gasteiger partial charge in [-0.15, -0.1) is 0 Å². The van der Waals surface area contributed by atoms with Gasteiger partial charge in [0.2, 0.25) is 5.91 Å². The fraction of sp³-hybridized carbons (Fsp3) is 0.562. The van der Waals surface area contributed by atoms with E-state index in [4.69, 9.17) is 4.42 Å². The fourth-order valence-corrected chi connectivity index (χ4v) is 4.19. The zero-order valence-corrected chi connectivity index (χ0v) is 13.0. The lowest BCUT2D eigenvalue weighted by molar-refractivity contribution is -0.144. The standard InChI is InChI=1S/C16H20N2O4/c1-14(2)15(3)6-7-16(14,12(19)11(15)18-21)13(20)17-9-10-5-4-8-22-10/h4-5,8,21H,6-7,9H2,1-3H3,(H,17,20). The Kier molecular flexibility index (Phi) is 2.99. The molecule has 0 aliphatic heterocycles. The zero-order valence-electron chi connectivity index (χ0n) is 13.0. The smallest absolute Gasteiger partial charge is 0.235 e. The summed E-state index contributed by atoms with van der Waals surface area (Å²) in [4.78, 5) is 25.6. The molecule has 0 radical (unpaired) electrons. The molecule has 1 amide bonds. The number of furan rings is 1. The van der Waals surface area contributed by atoms with Crippen molar-refractivity contribution in [2.45, 2.75) is 40.2 Å². The maximum absolute atomic E-state index is 12.8. The van der Waals surface area contributed by atoms with Crippen molar-refractivity contribution in [3.8, 4) is 0 Å². The molecular weight excluding hydrogens is 284 g/mol. The zero-order chi connectivity index (χ0) is 16.2. The van der Waals surface area contributed by atoms with Crippen LogP contribution in [0.3, 0.4) is 0 Å². The molecule has 6 heteroatoms. The van der Waals surface area contributed by atoms with Gasteiger partial charge in [-0.25, -0.2) is 0 Å². The molecule has 1 heterocycles. The normalized spacial score (nSPS) is 34.3. The minimum absolute atomic E-state index is 0.122. The second kappa shape index (κ2) is 4.44. The van der Waals surface area contributed by atoms with Crippen LogP contribution in [-0.4, -0.2) is 22.6 Å². The number of nitrogens with zero attached hydrogens (tertiary/aromatic N) is 1. The lowest BCUT2D eigenvalue weighted by Crippen LogP contribution is -2.50. The van der Waals surface area contributed by atoms with Crippen LogP contribution in [0, 0.1) is 16.2 Å². The SMILES string of the molecule is CC12CCC(C(=O)NCc3ccco3)(C(=O)C1=NO)C2(C)C. The van der Waals surface area contributed by atoms with E-state index >= 15 is 0 Å². The van der Waals surface area contributed by atoms with Crippen molar-refractivity contribution in [1.29, 1.82) is 0 Å². The number of rotatable bonds is 3. The van der Waals surface area contributed by atoms with Crippen molar-refractivity contribution in [2.24, 2.45) is 21.4 Å². The summed E-state index contributed by atoms with van der Waals surface area (Å²) >= 11 is 0. The number of Topliss-reactive ketones (excluding diaryl/α,β-unsaturated/α-hetero) is 1. The Morgan fingerprint density at radius 1 is 1.41 bits per heavy atom. The maximum Gasteiger partial charge on any atom is 0.235 e. The first kappa shape index (κ1) is 14.8. The van der Waals surface area contributed by atoms with Crippen LogP contribution in [0.2, 0.25) is 0 Å². The summed E-state index contributed by atoms with van der Waals surface area (Å²) in [6, 6.07) is 3.51. The molecule has 2 aliphatic carbocycles. The molecular formula is C16H20N2O4. The summed E-state index contributed by atoms with van der Waals surface area (Å²) in [6.07, 6.45) is 2.66. The number of carbonyl (C=O) groups excluding carboxylic acids is 2. The molecule has 6 nitrogen and oxygen atoms in total. The van der Waals surface area contributed by atoms with Crippen LogP contribution in [-0.2, 0) is 16.1 Å². The lowest BCUT2D eigenvalue weighted by atomic mass is 9.64. The molecule has 2 bridgehead atoms. The van der Waals surface area contributed by atoms with Crippen molar-refractivity contribution < 1.29 is 19.2 Å². The molecule has 0 aromatic carbocycles. The van der Waals surface area contributed by atoms with E-state index in [1.54, 1.807) is 12.1 Å². The molecule has 1 aromatic heterocycles. The van der Waals surface area contributed by atoms with Crippen LogP contribution >= 0.6 is 0 Å². The Morgan fingerprint density at radius 3 is 2.68 bits per heavy atom. The fourth-order valence-electron chi connectivity index (χ4n) is 4.19. The molecule has 1 aromatic rings. The van der Waals surface area contributed by atoms with Gasteiger partial charge in [0, 0.05) is 5.41 Å². The third-order valence-electron chi connectivity index (χ3n) is 6.06. The molecule has 0 spiro atoms. The Morgan fingerprint density at radius 2 is 2.14 bits per heavy atom. The molecule has 2 saturated carbocycles. The lowest BCUT2D eigenvalue weighted by Gasteiger charge is -2.37. The van der Waals surface area contributed by atoms with Gasteiger partial charge >= 0.3 is 0 Å². The van der Waals surface area contributed by atoms with Gasteiger partial charge in [0.25, 0.3) is 0 Å². The van der Waals surface area contributed by atoms with E-state index in [9.17, 15) is 14.8 Å². The largest absolute Gasteiger partial charge is 0.467 e. The van der Waals surface area contributed by atoms with Crippen molar-refractivity contribution in [1.82, 2.24) is 5.32 Å². The molecule has 0 saturated heterocycles. The van der Waals surface area contributed by atoms with Gasteiger partial charge in [0.15, 0.2) is 5.78 Å². The van der Waals surface area contributed by atoms with Gasteiger partial charge in [0.1, 0.15) is 16.9 Å². The number of carbonyl (C=O) groups is 2. The maximum atomic E-state index is 12.8. The Labute approximate surface area is 128 Å². The third kappa shape index (κ3) is 1.47. The van der Waals surface area contributed by atoms with Crippen molar-refractivity contribution in [2.75, 3.05) is 0 Å². The molecule has 22 heavy (non-hydrogen) atoms. The summed E-state index contributed by atoms with van der Waals surface area (Å²) in [5.74, 6) is -0.0446. The highest BCUT2D eigenvalue weighted by atomic mass is 16.4. The van der Waals surface area contributed by atoms with Crippen LogP contribution in [0.15, 0.2) is 28.0 Å². The Hall–Kier alpha value is -2.11. The predicted octanol–water partition coefficient (Wildman–Crippen LogP) is 2.12. The Bertz CT molecular complexity index is 662. The number of amides is 1. The third-order valence-corrected chi connectivity index (χ3v) is 6.06. The van der Waals surface area contributed by atoms with E-state index in [2.05, 4.69) is 10.5 Å². The summed E-state index contributed by atoms with van der Waals surface area (Å²) in [7, 11) is 0. The van der Waals surface area contributed by atoms with E-state index in [-0.39, 0.29) is 23.9 Å². The van der Waals surface area contributed by atoms with Gasteiger partial charge in [-0.05, 0) is 30.4 Å². The minimum atomic E-state index is -1.17. The van der Waals surface area contributed by atoms with E-state index in [0.717, 1.165) is 0 Å². The second-order valence-corrected chi connectivity index (χ2v) is 6.90. The molecule has 2 aliphatic rings.